The number of benzene rings is 2. The van der Waals surface area contributed by atoms with Crippen LogP contribution < -0.4 is 15.3 Å². The van der Waals surface area contributed by atoms with Crippen molar-refractivity contribution in [2.75, 3.05) is 37.6 Å². The molecule has 3 aromatic rings. The second-order valence-corrected chi connectivity index (χ2v) is 7.89. The molecule has 0 unspecified atom stereocenters. The summed E-state index contributed by atoms with van der Waals surface area (Å²) in [5.74, 6) is 1.41. The maximum Gasteiger partial charge on any atom is 0.350 e. The van der Waals surface area contributed by atoms with Crippen LogP contribution in [0.3, 0.4) is 0 Å². The molecule has 5 rings (SSSR count). The molecular formula is C23H27N5O2. The summed E-state index contributed by atoms with van der Waals surface area (Å²) in [5.41, 5.74) is 2.02. The highest BCUT2D eigenvalue weighted by Gasteiger charge is 2.22. The van der Waals surface area contributed by atoms with Crippen molar-refractivity contribution in [1.82, 2.24) is 19.2 Å². The molecule has 0 aliphatic carbocycles. The number of fused-ring (bicyclic) bond motifs is 3. The summed E-state index contributed by atoms with van der Waals surface area (Å²) in [7, 11) is 0. The third-order valence-electron chi connectivity index (χ3n) is 5.96. The van der Waals surface area contributed by atoms with Crippen molar-refractivity contribution in [2.45, 2.75) is 26.0 Å². The van der Waals surface area contributed by atoms with Gasteiger partial charge in [0.05, 0.1) is 5.69 Å². The van der Waals surface area contributed by atoms with Crippen molar-refractivity contribution >= 4 is 5.69 Å². The topological polar surface area (TPSA) is 55.5 Å². The lowest BCUT2D eigenvalue weighted by Gasteiger charge is -2.36. The summed E-state index contributed by atoms with van der Waals surface area (Å²) in [6.45, 7) is 6.35. The molecule has 2 aromatic carbocycles. The lowest BCUT2D eigenvalue weighted by atomic mass is 10.2. The predicted octanol–water partition coefficient (Wildman–Crippen LogP) is 2.53. The highest BCUT2D eigenvalue weighted by atomic mass is 16.5. The Kier molecular flexibility index (Phi) is 5.27. The fraction of sp³-hybridized carbons (Fsp3) is 0.391. The van der Waals surface area contributed by atoms with Crippen molar-refractivity contribution < 1.29 is 4.74 Å². The first-order valence-corrected chi connectivity index (χ1v) is 10.7. The Morgan fingerprint density at radius 3 is 2.43 bits per heavy atom. The van der Waals surface area contributed by atoms with Crippen LogP contribution in [0.2, 0.25) is 0 Å². The first kappa shape index (κ1) is 18.9. The van der Waals surface area contributed by atoms with Gasteiger partial charge in [-0.05, 0) is 43.7 Å². The standard InChI is InChI=1S/C23H27N5O2/c29-23-27(24-22-18-30-21-11-5-4-10-20(21)28(22)23)13-7-6-12-25-14-16-26(17-15-25)19-8-2-1-3-9-19/h1-5,8-11H,6-7,12-18H2. The number of aryl methyl sites for hydroxylation is 1. The van der Waals surface area contributed by atoms with Crippen LogP contribution in [0, 0.1) is 0 Å². The van der Waals surface area contributed by atoms with Gasteiger partial charge in [0, 0.05) is 38.4 Å². The average molecular weight is 406 g/mol. The molecule has 0 radical (unpaired) electrons. The lowest BCUT2D eigenvalue weighted by molar-refractivity contribution is 0.250. The first-order chi connectivity index (χ1) is 14.8. The zero-order valence-corrected chi connectivity index (χ0v) is 17.1. The van der Waals surface area contributed by atoms with E-state index in [9.17, 15) is 4.79 Å². The molecule has 7 heteroatoms. The summed E-state index contributed by atoms with van der Waals surface area (Å²) in [5, 5.41) is 4.50. The number of piperazine rings is 1. The summed E-state index contributed by atoms with van der Waals surface area (Å²) in [6, 6.07) is 18.2. The number of anilines is 1. The van der Waals surface area contributed by atoms with E-state index in [1.54, 1.807) is 9.25 Å². The molecule has 0 N–H and O–H groups in total. The van der Waals surface area contributed by atoms with E-state index in [1.165, 1.54) is 5.69 Å². The fourth-order valence-corrected chi connectivity index (χ4v) is 4.31. The summed E-state index contributed by atoms with van der Waals surface area (Å²) < 4.78 is 8.99. The Morgan fingerprint density at radius 1 is 0.867 bits per heavy atom. The van der Waals surface area contributed by atoms with E-state index in [0.29, 0.717) is 19.0 Å². The molecule has 7 nitrogen and oxygen atoms in total. The molecule has 0 spiro atoms. The summed E-state index contributed by atoms with van der Waals surface area (Å²) in [4.78, 5) is 17.8. The Balaban J connectivity index is 1.12. The zero-order chi connectivity index (χ0) is 20.3. The highest BCUT2D eigenvalue weighted by molar-refractivity contribution is 5.48. The van der Waals surface area contributed by atoms with Gasteiger partial charge in [-0.25, -0.2) is 14.0 Å². The largest absolute Gasteiger partial charge is 0.483 e. The number of hydrogen-bond donors (Lipinski definition) is 0. The molecule has 30 heavy (non-hydrogen) atoms. The Bertz CT molecular complexity index is 1050. The maximum absolute atomic E-state index is 12.8. The maximum atomic E-state index is 12.8. The van der Waals surface area contributed by atoms with Gasteiger partial charge in [-0.1, -0.05) is 30.3 Å². The van der Waals surface area contributed by atoms with E-state index in [2.05, 4.69) is 45.2 Å². The summed E-state index contributed by atoms with van der Waals surface area (Å²) in [6.07, 6.45) is 2.00. The van der Waals surface area contributed by atoms with Gasteiger partial charge in [0.25, 0.3) is 0 Å². The smallest absolute Gasteiger partial charge is 0.350 e. The van der Waals surface area contributed by atoms with E-state index in [1.807, 2.05) is 24.3 Å². The Labute approximate surface area is 176 Å². The van der Waals surface area contributed by atoms with Crippen molar-refractivity contribution in [3.05, 3.63) is 70.9 Å². The number of rotatable bonds is 6. The van der Waals surface area contributed by atoms with Crippen LogP contribution in [0.25, 0.3) is 5.69 Å². The van der Waals surface area contributed by atoms with Crippen molar-refractivity contribution in [3.63, 3.8) is 0 Å². The number of aromatic nitrogens is 3. The molecule has 1 aromatic heterocycles. The Hall–Kier alpha value is -3.06. The van der Waals surface area contributed by atoms with Crippen LogP contribution in [0.5, 0.6) is 5.75 Å². The second-order valence-electron chi connectivity index (χ2n) is 7.89. The molecule has 1 fully saturated rings. The van der Waals surface area contributed by atoms with Crippen LogP contribution in [-0.2, 0) is 13.2 Å². The lowest BCUT2D eigenvalue weighted by Crippen LogP contribution is -2.46. The molecule has 0 saturated carbocycles. The van der Waals surface area contributed by atoms with Gasteiger partial charge in [0.2, 0.25) is 0 Å². The quantitative estimate of drug-likeness (QED) is 0.590. The molecule has 2 aliphatic rings. The average Bonchev–Trinajstić information content (AvgIpc) is 3.13. The monoisotopic (exact) mass is 405 g/mol. The summed E-state index contributed by atoms with van der Waals surface area (Å²) >= 11 is 0. The number of unbranched alkanes of at least 4 members (excludes halogenated alkanes) is 1. The van der Waals surface area contributed by atoms with Crippen LogP contribution in [0.1, 0.15) is 18.7 Å². The van der Waals surface area contributed by atoms with Gasteiger partial charge in [-0.15, -0.1) is 0 Å². The minimum Gasteiger partial charge on any atom is -0.483 e. The normalized spacial score (nSPS) is 16.1. The van der Waals surface area contributed by atoms with Crippen LogP contribution >= 0.6 is 0 Å². The zero-order valence-electron chi connectivity index (χ0n) is 17.1. The van der Waals surface area contributed by atoms with Gasteiger partial charge in [0.1, 0.15) is 12.4 Å². The van der Waals surface area contributed by atoms with Crippen molar-refractivity contribution in [3.8, 4) is 11.4 Å². The molecular weight excluding hydrogens is 378 g/mol. The fourth-order valence-electron chi connectivity index (χ4n) is 4.31. The number of nitrogens with zero attached hydrogens (tertiary/aromatic N) is 5. The third-order valence-corrected chi connectivity index (χ3v) is 5.96. The van der Waals surface area contributed by atoms with Gasteiger partial charge < -0.3 is 9.64 Å². The molecule has 0 atom stereocenters. The molecule has 156 valence electrons. The van der Waals surface area contributed by atoms with Gasteiger partial charge in [-0.2, -0.15) is 5.10 Å². The van der Waals surface area contributed by atoms with E-state index in [-0.39, 0.29) is 5.69 Å². The van der Waals surface area contributed by atoms with Gasteiger partial charge >= 0.3 is 5.69 Å². The van der Waals surface area contributed by atoms with E-state index in [4.69, 9.17) is 4.74 Å². The van der Waals surface area contributed by atoms with Gasteiger partial charge in [-0.3, -0.25) is 4.90 Å². The molecule has 0 amide bonds. The number of hydrogen-bond acceptors (Lipinski definition) is 5. The first-order valence-electron chi connectivity index (χ1n) is 10.7. The van der Waals surface area contributed by atoms with Crippen molar-refractivity contribution in [2.24, 2.45) is 0 Å². The van der Waals surface area contributed by atoms with Crippen molar-refractivity contribution in [1.29, 1.82) is 0 Å². The molecule has 0 bridgehead atoms. The van der Waals surface area contributed by atoms with E-state index in [0.717, 1.165) is 57.0 Å². The van der Waals surface area contributed by atoms with E-state index < -0.39 is 0 Å². The third kappa shape index (κ3) is 3.73. The molecule has 2 aliphatic heterocycles. The minimum absolute atomic E-state index is 0.0720. The molecule has 3 heterocycles. The van der Waals surface area contributed by atoms with Crippen LogP contribution in [0.4, 0.5) is 5.69 Å². The van der Waals surface area contributed by atoms with Crippen LogP contribution in [-0.4, -0.2) is 52.0 Å². The SMILES string of the molecule is O=c1n(CCCCN2CCN(c3ccccc3)CC2)nc2n1-c1ccccc1OC2. The minimum atomic E-state index is -0.0720. The van der Waals surface area contributed by atoms with E-state index >= 15 is 0 Å². The predicted molar refractivity (Wildman–Crippen MR) is 116 cm³/mol. The second kappa shape index (κ2) is 8.36. The number of ether oxygens (including phenoxy) is 1. The molecule has 1 saturated heterocycles. The van der Waals surface area contributed by atoms with Crippen LogP contribution in [0.15, 0.2) is 59.4 Å². The number of para-hydroxylation sites is 3. The highest BCUT2D eigenvalue weighted by Crippen LogP contribution is 2.26. The Morgan fingerprint density at radius 2 is 1.60 bits per heavy atom. The van der Waals surface area contributed by atoms with Gasteiger partial charge in [0.15, 0.2) is 5.82 Å².